The molecule has 0 atom stereocenters. The average molecular weight is 558 g/mol. The lowest BCUT2D eigenvalue weighted by molar-refractivity contribution is -0.184. The maximum atomic E-state index is 13.5. The molecule has 3 rings (SSSR count). The van der Waals surface area contributed by atoms with Gasteiger partial charge in [-0.05, 0) is 75.9 Å². The van der Waals surface area contributed by atoms with E-state index in [0.717, 1.165) is 9.99 Å². The quantitative estimate of drug-likeness (QED) is 0.380. The van der Waals surface area contributed by atoms with Gasteiger partial charge in [0, 0.05) is 7.14 Å². The van der Waals surface area contributed by atoms with Crippen LogP contribution in [0.3, 0.4) is 0 Å². The summed E-state index contributed by atoms with van der Waals surface area (Å²) >= 11 is 4.00. The lowest BCUT2D eigenvalue weighted by atomic mass is 10.2. The normalized spacial score (nSPS) is 14.7. The molecule has 0 aromatic heterocycles. The third-order valence-electron chi connectivity index (χ3n) is 3.18. The van der Waals surface area contributed by atoms with Crippen molar-refractivity contribution in [1.29, 1.82) is 0 Å². The van der Waals surface area contributed by atoms with E-state index in [9.17, 15) is 13.6 Å². The average Bonchev–Trinajstić information content (AvgIpc) is 2.56. The molecule has 0 spiro atoms. The van der Waals surface area contributed by atoms with Gasteiger partial charge in [-0.2, -0.15) is 0 Å². The van der Waals surface area contributed by atoms with Crippen molar-refractivity contribution in [1.82, 2.24) is 0 Å². The van der Waals surface area contributed by atoms with Crippen molar-refractivity contribution in [3.05, 3.63) is 66.3 Å². The van der Waals surface area contributed by atoms with Crippen LogP contribution < -0.4 is 0 Å². The molecule has 0 bridgehead atoms. The first kappa shape index (κ1) is 19.7. The fraction of sp³-hybridized carbons (Fsp3) is 0.235. The lowest BCUT2D eigenvalue weighted by Gasteiger charge is -2.24. The van der Waals surface area contributed by atoms with Gasteiger partial charge in [0.2, 0.25) is 0 Å². The predicted octanol–water partition coefficient (Wildman–Crippen LogP) is 5.11. The maximum Gasteiger partial charge on any atom is 0.187 e. The van der Waals surface area contributed by atoms with Gasteiger partial charge in [-0.25, -0.2) is 8.78 Å². The number of hydrogen-bond donors (Lipinski definition) is 0. The molecule has 0 aliphatic carbocycles. The zero-order valence-electron chi connectivity index (χ0n) is 12.5. The lowest BCUT2D eigenvalue weighted by Crippen LogP contribution is -2.19. The van der Waals surface area contributed by atoms with Gasteiger partial charge in [0.15, 0.2) is 12.6 Å². The summed E-state index contributed by atoms with van der Waals surface area (Å²) in [5.41, 5.74) is 0.663. The van der Waals surface area contributed by atoms with Crippen LogP contribution in [0.2, 0.25) is 0 Å². The number of hydrogen-bond acceptors (Lipinski definition) is 3. The van der Waals surface area contributed by atoms with Crippen LogP contribution in [0.5, 0.6) is 0 Å². The van der Waals surface area contributed by atoms with Gasteiger partial charge in [-0.15, -0.1) is 0 Å². The third-order valence-corrected chi connectivity index (χ3v) is 5.06. The van der Waals surface area contributed by atoms with E-state index >= 15 is 0 Å². The molecule has 1 fully saturated rings. The number of benzene rings is 2. The van der Waals surface area contributed by atoms with E-state index in [1.807, 2.05) is 28.7 Å². The van der Waals surface area contributed by atoms with Gasteiger partial charge < -0.3 is 9.47 Å². The first-order valence-electron chi connectivity index (χ1n) is 7.11. The van der Waals surface area contributed by atoms with Gasteiger partial charge in [-0.1, -0.05) is 12.1 Å². The molecule has 1 saturated heterocycles. The number of halogens is 4. The second-order valence-electron chi connectivity index (χ2n) is 4.82. The van der Waals surface area contributed by atoms with Crippen LogP contribution in [0.15, 0.2) is 36.4 Å². The summed E-state index contributed by atoms with van der Waals surface area (Å²) in [6.45, 7) is 1.27. The minimum absolute atomic E-state index is 0.142. The maximum absolute atomic E-state index is 13.5. The highest BCUT2D eigenvalue weighted by Crippen LogP contribution is 2.29. The molecule has 1 aliphatic rings. The van der Waals surface area contributed by atoms with Crippen molar-refractivity contribution in [2.45, 2.75) is 12.7 Å². The molecule has 0 N–H and O–H groups in total. The summed E-state index contributed by atoms with van der Waals surface area (Å²) < 4.78 is 38.3. The van der Waals surface area contributed by atoms with Crippen molar-refractivity contribution >= 4 is 51.5 Å². The minimum Gasteiger partial charge on any atom is -0.348 e. The number of carbonyl (C=O) groups is 1. The Morgan fingerprint density at radius 3 is 2.04 bits per heavy atom. The predicted molar refractivity (Wildman–Crippen MR) is 103 cm³/mol. The van der Waals surface area contributed by atoms with Gasteiger partial charge in [0.1, 0.15) is 11.6 Å². The molecule has 1 heterocycles. The molecule has 7 heteroatoms. The van der Waals surface area contributed by atoms with Crippen LogP contribution >= 0.6 is 45.2 Å². The molecule has 0 radical (unpaired) electrons. The Labute approximate surface area is 166 Å². The standard InChI is InChI=1S/C10H10FIO2.C7H4FIO/c11-7-3-1-4-8(12)9(7)10-13-5-2-6-14-10;8-6-2-1-3-7(9)5(6)4-10/h1,3-4,10H,2,5-6H2;1-4H. The smallest absolute Gasteiger partial charge is 0.187 e. The van der Waals surface area contributed by atoms with Crippen LogP contribution in [-0.2, 0) is 9.47 Å². The van der Waals surface area contributed by atoms with Gasteiger partial charge in [0.05, 0.1) is 24.3 Å². The van der Waals surface area contributed by atoms with Crippen molar-refractivity contribution in [2.24, 2.45) is 0 Å². The second kappa shape index (κ2) is 9.73. The van der Waals surface area contributed by atoms with Crippen molar-refractivity contribution in [2.75, 3.05) is 13.2 Å². The molecular weight excluding hydrogens is 544 g/mol. The van der Waals surface area contributed by atoms with Crippen LogP contribution in [0.1, 0.15) is 28.6 Å². The topological polar surface area (TPSA) is 35.5 Å². The highest BCUT2D eigenvalue weighted by molar-refractivity contribution is 14.1. The van der Waals surface area contributed by atoms with Crippen LogP contribution in [0, 0.1) is 18.8 Å². The fourth-order valence-corrected chi connectivity index (χ4v) is 3.33. The minimum atomic E-state index is -0.531. The monoisotopic (exact) mass is 558 g/mol. The van der Waals surface area contributed by atoms with Crippen LogP contribution in [-0.4, -0.2) is 19.5 Å². The van der Waals surface area contributed by atoms with Gasteiger partial charge >= 0.3 is 0 Å². The molecule has 24 heavy (non-hydrogen) atoms. The summed E-state index contributed by atoms with van der Waals surface area (Å²) in [6.07, 6.45) is 0.871. The summed E-state index contributed by atoms with van der Waals surface area (Å²) in [4.78, 5) is 10.2. The van der Waals surface area contributed by atoms with E-state index in [0.29, 0.717) is 28.6 Å². The van der Waals surface area contributed by atoms with E-state index < -0.39 is 12.1 Å². The first-order valence-corrected chi connectivity index (χ1v) is 9.26. The Balaban J connectivity index is 0.000000185. The Morgan fingerprint density at radius 1 is 0.958 bits per heavy atom. The molecule has 2 aromatic carbocycles. The number of rotatable bonds is 2. The number of carbonyl (C=O) groups excluding carboxylic acids is 1. The molecule has 128 valence electrons. The molecule has 3 nitrogen and oxygen atoms in total. The molecule has 0 saturated carbocycles. The summed E-state index contributed by atoms with van der Waals surface area (Å²) in [7, 11) is 0. The van der Waals surface area contributed by atoms with E-state index in [2.05, 4.69) is 22.6 Å². The summed E-state index contributed by atoms with van der Waals surface area (Å²) in [6, 6.07) is 9.49. The first-order chi connectivity index (χ1) is 11.5. The van der Waals surface area contributed by atoms with Crippen molar-refractivity contribution in [3.8, 4) is 0 Å². The van der Waals surface area contributed by atoms with Gasteiger partial charge in [0.25, 0.3) is 0 Å². The van der Waals surface area contributed by atoms with E-state index in [1.54, 1.807) is 18.2 Å². The van der Waals surface area contributed by atoms with E-state index in [1.165, 1.54) is 12.1 Å². The zero-order chi connectivity index (χ0) is 17.5. The van der Waals surface area contributed by atoms with E-state index in [-0.39, 0.29) is 11.4 Å². The Hall–Kier alpha value is -0.650. The molecule has 0 unspecified atom stereocenters. The molecule has 2 aromatic rings. The van der Waals surface area contributed by atoms with Crippen molar-refractivity contribution < 1.29 is 23.0 Å². The molecule has 0 amide bonds. The van der Waals surface area contributed by atoms with E-state index in [4.69, 9.17) is 9.47 Å². The molecular formula is C17H14F2I2O3. The van der Waals surface area contributed by atoms with Crippen molar-refractivity contribution in [3.63, 3.8) is 0 Å². The van der Waals surface area contributed by atoms with Crippen LogP contribution in [0.4, 0.5) is 8.78 Å². The van der Waals surface area contributed by atoms with Crippen LogP contribution in [0.25, 0.3) is 0 Å². The fourth-order valence-electron chi connectivity index (χ4n) is 2.01. The largest absolute Gasteiger partial charge is 0.348 e. The van der Waals surface area contributed by atoms with Gasteiger partial charge in [-0.3, -0.25) is 4.79 Å². The Morgan fingerprint density at radius 2 is 1.54 bits per heavy atom. The SMILES string of the molecule is Fc1cccc(I)c1C1OCCCO1.O=Cc1c(F)cccc1I. The Kier molecular flexibility index (Phi) is 7.98. The zero-order valence-corrected chi connectivity index (χ0v) is 16.8. The second-order valence-corrected chi connectivity index (χ2v) is 7.14. The summed E-state index contributed by atoms with van der Waals surface area (Å²) in [5.74, 6) is -0.717. The Bertz CT molecular complexity index is 664. The number of ether oxygens (including phenoxy) is 2. The highest BCUT2D eigenvalue weighted by atomic mass is 127. The molecule has 1 aliphatic heterocycles. The number of aldehydes is 1. The summed E-state index contributed by atoms with van der Waals surface area (Å²) in [5, 5.41) is 0. The third kappa shape index (κ3) is 5.17. The highest BCUT2D eigenvalue weighted by Gasteiger charge is 2.22.